The SMILES string of the molecule is O=C(NC1CCCCC1)c1ccc(-n2ccnc2)c([N+](=O)[O-])c1. The van der Waals surface area contributed by atoms with Crippen LogP contribution in [-0.2, 0) is 0 Å². The number of rotatable bonds is 4. The molecule has 1 saturated carbocycles. The molecule has 1 aliphatic carbocycles. The summed E-state index contributed by atoms with van der Waals surface area (Å²) in [6.45, 7) is 0. The maximum atomic E-state index is 12.3. The van der Waals surface area contributed by atoms with Crippen LogP contribution in [0.15, 0.2) is 36.9 Å². The fourth-order valence-electron chi connectivity index (χ4n) is 2.95. The van der Waals surface area contributed by atoms with Gasteiger partial charge >= 0.3 is 0 Å². The Morgan fingerprint density at radius 1 is 1.30 bits per heavy atom. The van der Waals surface area contributed by atoms with Crippen LogP contribution in [0.5, 0.6) is 0 Å². The lowest BCUT2D eigenvalue weighted by atomic mass is 9.95. The number of imidazole rings is 1. The van der Waals surface area contributed by atoms with Crippen LogP contribution in [0.1, 0.15) is 42.5 Å². The van der Waals surface area contributed by atoms with Gasteiger partial charge in [0.2, 0.25) is 0 Å². The zero-order valence-corrected chi connectivity index (χ0v) is 12.6. The molecule has 0 bridgehead atoms. The van der Waals surface area contributed by atoms with Gasteiger partial charge in [-0.05, 0) is 25.0 Å². The third-order valence-electron chi connectivity index (χ3n) is 4.16. The van der Waals surface area contributed by atoms with Crippen molar-refractivity contribution in [3.8, 4) is 5.69 Å². The molecule has 0 aliphatic heterocycles. The molecule has 7 nitrogen and oxygen atoms in total. The summed E-state index contributed by atoms with van der Waals surface area (Å²) in [7, 11) is 0. The number of amides is 1. The summed E-state index contributed by atoms with van der Waals surface area (Å²) in [6, 6.07) is 4.69. The standard InChI is InChI=1S/C16H18N4O3/c21-16(18-13-4-2-1-3-5-13)12-6-7-14(15(10-12)20(22)23)19-9-8-17-11-19/h6-11,13H,1-5H2,(H,18,21). The van der Waals surface area contributed by atoms with Crippen molar-refractivity contribution in [3.05, 3.63) is 52.6 Å². The Hall–Kier alpha value is -2.70. The first-order valence-electron chi connectivity index (χ1n) is 7.73. The number of nitro groups is 1. The van der Waals surface area contributed by atoms with Gasteiger partial charge in [0, 0.05) is 30.1 Å². The van der Waals surface area contributed by atoms with Gasteiger partial charge in [-0.25, -0.2) is 4.98 Å². The van der Waals surface area contributed by atoms with Crippen molar-refractivity contribution >= 4 is 11.6 Å². The van der Waals surface area contributed by atoms with Gasteiger partial charge in [0.1, 0.15) is 5.69 Å². The molecule has 0 radical (unpaired) electrons. The number of nitrogens with zero attached hydrogens (tertiary/aromatic N) is 3. The quantitative estimate of drug-likeness (QED) is 0.694. The Bertz CT molecular complexity index is 706. The molecule has 0 unspecified atom stereocenters. The Kier molecular flexibility index (Phi) is 4.36. The second-order valence-electron chi connectivity index (χ2n) is 5.74. The van der Waals surface area contributed by atoms with Crippen LogP contribution in [-0.4, -0.2) is 26.4 Å². The molecule has 0 spiro atoms. The highest BCUT2D eigenvalue weighted by Crippen LogP contribution is 2.25. The van der Waals surface area contributed by atoms with Crippen molar-refractivity contribution < 1.29 is 9.72 Å². The molecule has 1 fully saturated rings. The fraction of sp³-hybridized carbons (Fsp3) is 0.375. The Labute approximate surface area is 133 Å². The molecule has 3 rings (SSSR count). The molecule has 120 valence electrons. The zero-order valence-electron chi connectivity index (χ0n) is 12.6. The third kappa shape index (κ3) is 3.39. The molecule has 1 heterocycles. The lowest BCUT2D eigenvalue weighted by Crippen LogP contribution is -2.36. The van der Waals surface area contributed by atoms with E-state index in [-0.39, 0.29) is 17.6 Å². The highest BCUT2D eigenvalue weighted by atomic mass is 16.6. The molecule has 1 aromatic heterocycles. The largest absolute Gasteiger partial charge is 0.349 e. The summed E-state index contributed by atoms with van der Waals surface area (Å²) < 4.78 is 1.56. The van der Waals surface area contributed by atoms with Crippen LogP contribution in [0, 0.1) is 10.1 Å². The average molecular weight is 314 g/mol. The van der Waals surface area contributed by atoms with E-state index in [1.165, 1.54) is 18.8 Å². The van der Waals surface area contributed by atoms with Gasteiger partial charge in [0.05, 0.1) is 11.3 Å². The Balaban J connectivity index is 1.84. The first kappa shape index (κ1) is 15.2. The molecule has 1 aromatic carbocycles. The van der Waals surface area contributed by atoms with E-state index in [4.69, 9.17) is 0 Å². The summed E-state index contributed by atoms with van der Waals surface area (Å²) in [5.74, 6) is -0.253. The van der Waals surface area contributed by atoms with Crippen molar-refractivity contribution in [3.63, 3.8) is 0 Å². The Morgan fingerprint density at radius 2 is 2.09 bits per heavy atom. The minimum Gasteiger partial charge on any atom is -0.349 e. The van der Waals surface area contributed by atoms with Crippen molar-refractivity contribution in [2.75, 3.05) is 0 Å². The summed E-state index contributed by atoms with van der Waals surface area (Å²) in [5, 5.41) is 14.3. The lowest BCUT2D eigenvalue weighted by molar-refractivity contribution is -0.384. The summed E-state index contributed by atoms with van der Waals surface area (Å²) in [5.41, 5.74) is 0.590. The first-order valence-corrected chi connectivity index (χ1v) is 7.73. The van der Waals surface area contributed by atoms with Crippen LogP contribution in [0.25, 0.3) is 5.69 Å². The monoisotopic (exact) mass is 314 g/mol. The van der Waals surface area contributed by atoms with Crippen molar-refractivity contribution in [1.29, 1.82) is 0 Å². The lowest BCUT2D eigenvalue weighted by Gasteiger charge is -2.22. The number of nitrogens with one attached hydrogen (secondary N) is 1. The van der Waals surface area contributed by atoms with Crippen molar-refractivity contribution in [2.45, 2.75) is 38.1 Å². The maximum Gasteiger partial charge on any atom is 0.294 e. The predicted molar refractivity (Wildman–Crippen MR) is 84.6 cm³/mol. The van der Waals surface area contributed by atoms with Crippen molar-refractivity contribution in [2.24, 2.45) is 0 Å². The average Bonchev–Trinajstić information content (AvgIpc) is 3.09. The number of benzene rings is 1. The van der Waals surface area contributed by atoms with E-state index in [0.29, 0.717) is 11.3 Å². The molecule has 23 heavy (non-hydrogen) atoms. The molecule has 7 heteroatoms. The molecule has 0 saturated heterocycles. The highest BCUT2D eigenvalue weighted by molar-refractivity contribution is 5.95. The predicted octanol–water partition coefficient (Wildman–Crippen LogP) is 2.84. The highest BCUT2D eigenvalue weighted by Gasteiger charge is 2.21. The zero-order chi connectivity index (χ0) is 16.2. The van der Waals surface area contributed by atoms with E-state index in [2.05, 4.69) is 10.3 Å². The number of hydrogen-bond acceptors (Lipinski definition) is 4. The van der Waals surface area contributed by atoms with Gasteiger partial charge in [-0.15, -0.1) is 0 Å². The number of carbonyl (C=O) groups excluding carboxylic acids is 1. The molecule has 1 aliphatic rings. The summed E-state index contributed by atoms with van der Waals surface area (Å²) >= 11 is 0. The number of nitro benzene ring substituents is 1. The topological polar surface area (TPSA) is 90.1 Å². The fourth-order valence-corrected chi connectivity index (χ4v) is 2.95. The normalized spacial score (nSPS) is 15.3. The minimum atomic E-state index is -0.479. The van der Waals surface area contributed by atoms with Gasteiger partial charge in [0.15, 0.2) is 0 Å². The van der Waals surface area contributed by atoms with Crippen LogP contribution in [0.2, 0.25) is 0 Å². The first-order chi connectivity index (χ1) is 11.1. The summed E-state index contributed by atoms with van der Waals surface area (Å²) in [4.78, 5) is 27.1. The molecule has 1 amide bonds. The maximum absolute atomic E-state index is 12.3. The second kappa shape index (κ2) is 6.60. The van der Waals surface area contributed by atoms with Gasteiger partial charge in [-0.2, -0.15) is 0 Å². The molecular weight excluding hydrogens is 296 g/mol. The van der Waals surface area contributed by atoms with E-state index in [1.807, 2.05) is 0 Å². The van der Waals surface area contributed by atoms with E-state index in [0.717, 1.165) is 25.7 Å². The molecule has 2 aromatic rings. The van der Waals surface area contributed by atoms with Crippen LogP contribution >= 0.6 is 0 Å². The van der Waals surface area contributed by atoms with Gasteiger partial charge in [0.25, 0.3) is 11.6 Å². The molecule has 0 atom stereocenters. The van der Waals surface area contributed by atoms with Crippen molar-refractivity contribution in [1.82, 2.24) is 14.9 Å². The van der Waals surface area contributed by atoms with Gasteiger partial charge in [-0.3, -0.25) is 14.9 Å². The molecular formula is C16H18N4O3. The smallest absolute Gasteiger partial charge is 0.294 e. The van der Waals surface area contributed by atoms with E-state index < -0.39 is 4.92 Å². The van der Waals surface area contributed by atoms with Crippen LogP contribution < -0.4 is 5.32 Å². The molecule has 1 N–H and O–H groups in total. The number of hydrogen-bond donors (Lipinski definition) is 1. The third-order valence-corrected chi connectivity index (χ3v) is 4.16. The van der Waals surface area contributed by atoms with Crippen LogP contribution in [0.4, 0.5) is 5.69 Å². The van der Waals surface area contributed by atoms with Gasteiger partial charge < -0.3 is 9.88 Å². The minimum absolute atomic E-state index is 0.112. The van der Waals surface area contributed by atoms with E-state index >= 15 is 0 Å². The number of carbonyl (C=O) groups is 1. The van der Waals surface area contributed by atoms with Crippen LogP contribution in [0.3, 0.4) is 0 Å². The number of aromatic nitrogens is 2. The second-order valence-corrected chi connectivity index (χ2v) is 5.74. The van der Waals surface area contributed by atoms with Gasteiger partial charge in [-0.1, -0.05) is 19.3 Å². The summed E-state index contributed by atoms with van der Waals surface area (Å²) in [6.07, 6.45) is 10.1. The Morgan fingerprint density at radius 3 is 2.74 bits per heavy atom. The van der Waals surface area contributed by atoms with E-state index in [1.54, 1.807) is 29.1 Å². The van der Waals surface area contributed by atoms with E-state index in [9.17, 15) is 14.9 Å².